The normalized spacial score (nSPS) is 13.4. The monoisotopic (exact) mass is 359 g/mol. The van der Waals surface area contributed by atoms with Crippen LogP contribution in [-0.2, 0) is 16.3 Å². The molecule has 0 saturated carbocycles. The second kappa shape index (κ2) is 6.30. The third-order valence-corrected chi connectivity index (χ3v) is 5.83. The maximum atomic E-state index is 13.6. The lowest BCUT2D eigenvalue weighted by Crippen LogP contribution is -2.10. The fourth-order valence-corrected chi connectivity index (χ4v) is 3.98. The molecule has 0 bridgehead atoms. The Kier molecular flexibility index (Phi) is 4.31. The Morgan fingerprint density at radius 2 is 2.00 bits per heavy atom. The molecule has 1 aliphatic carbocycles. The second-order valence-corrected chi connectivity index (χ2v) is 7.88. The number of rotatable bonds is 4. The number of hydrogen-bond acceptors (Lipinski definition) is 5. The summed E-state index contributed by atoms with van der Waals surface area (Å²) >= 11 is 0. The van der Waals surface area contributed by atoms with Crippen LogP contribution < -0.4 is 4.74 Å². The summed E-state index contributed by atoms with van der Waals surface area (Å²) in [5, 5.41) is 8.91. The van der Waals surface area contributed by atoms with Crippen molar-refractivity contribution in [2.45, 2.75) is 24.7 Å². The smallest absolute Gasteiger partial charge is 0.178 e. The summed E-state index contributed by atoms with van der Waals surface area (Å²) in [4.78, 5) is 12.2. The van der Waals surface area contributed by atoms with Crippen LogP contribution in [0.1, 0.15) is 34.8 Å². The summed E-state index contributed by atoms with van der Waals surface area (Å²) in [5.41, 5.74) is 0.770. The average molecular weight is 359 g/mol. The highest BCUT2D eigenvalue weighted by Gasteiger charge is 2.31. The largest absolute Gasteiger partial charge is 0.457 e. The van der Waals surface area contributed by atoms with E-state index in [9.17, 15) is 17.6 Å². The molecule has 0 radical (unpaired) electrons. The Bertz CT molecular complexity index is 1020. The molecular weight excluding hydrogens is 345 g/mol. The van der Waals surface area contributed by atoms with Gasteiger partial charge in [-0.3, -0.25) is 4.79 Å². The van der Waals surface area contributed by atoms with E-state index < -0.39 is 15.7 Å². The number of ether oxygens (including phenoxy) is 1. The number of fused-ring (bicyclic) bond motifs is 1. The maximum absolute atomic E-state index is 13.6. The fourth-order valence-electron chi connectivity index (χ4n) is 2.85. The van der Waals surface area contributed by atoms with Crippen LogP contribution in [0.25, 0.3) is 0 Å². The number of ketones is 1. The zero-order valence-electron chi connectivity index (χ0n) is 13.4. The number of hydrogen-bond donors (Lipinski definition) is 0. The topological polar surface area (TPSA) is 84.2 Å². The van der Waals surface area contributed by atoms with Gasteiger partial charge in [0.2, 0.25) is 0 Å². The highest BCUT2D eigenvalue weighted by Crippen LogP contribution is 2.38. The summed E-state index contributed by atoms with van der Waals surface area (Å²) in [6.45, 7) is 1.52. The summed E-state index contributed by atoms with van der Waals surface area (Å²) in [5.74, 6) is -0.562. The van der Waals surface area contributed by atoms with Crippen LogP contribution >= 0.6 is 0 Å². The number of Topliss-reactive ketones (excluding diaryl/α,β-unsaturated/α-hetero) is 1. The molecule has 25 heavy (non-hydrogen) atoms. The number of carbonyl (C=O) groups is 1. The molecule has 0 aliphatic heterocycles. The van der Waals surface area contributed by atoms with Gasteiger partial charge in [0, 0.05) is 23.6 Å². The molecule has 0 atom stereocenters. The molecule has 2 aromatic rings. The Hall–Kier alpha value is -2.72. The molecular formula is C18H14FNO4S. The molecule has 0 saturated heterocycles. The lowest BCUT2D eigenvalue weighted by atomic mass is 10.1. The van der Waals surface area contributed by atoms with Crippen molar-refractivity contribution in [3.8, 4) is 17.6 Å². The number of sulfone groups is 1. The van der Waals surface area contributed by atoms with E-state index in [0.29, 0.717) is 17.7 Å². The first kappa shape index (κ1) is 17.1. The number of halogens is 1. The first-order chi connectivity index (χ1) is 11.9. The van der Waals surface area contributed by atoms with Gasteiger partial charge in [-0.1, -0.05) is 6.92 Å². The minimum Gasteiger partial charge on any atom is -0.457 e. The van der Waals surface area contributed by atoms with E-state index in [1.54, 1.807) is 0 Å². The van der Waals surface area contributed by atoms with E-state index in [2.05, 4.69) is 0 Å². The molecule has 0 unspecified atom stereocenters. The van der Waals surface area contributed by atoms with E-state index in [1.807, 2.05) is 6.07 Å². The van der Waals surface area contributed by atoms with Crippen LogP contribution in [0.2, 0.25) is 0 Å². The SMILES string of the molecule is CCS(=O)(=O)c1ccc(Oc2cc(F)cc(C#N)c2)c2c1C(=O)CC2. The third kappa shape index (κ3) is 3.13. The predicted octanol–water partition coefficient (Wildman–Crippen LogP) is 3.41. The van der Waals surface area contributed by atoms with Crippen molar-refractivity contribution in [1.29, 1.82) is 5.26 Å². The van der Waals surface area contributed by atoms with E-state index in [4.69, 9.17) is 10.00 Å². The molecule has 7 heteroatoms. The molecule has 5 nitrogen and oxygen atoms in total. The van der Waals surface area contributed by atoms with Gasteiger partial charge in [0.15, 0.2) is 15.6 Å². The molecule has 0 N–H and O–H groups in total. The van der Waals surface area contributed by atoms with Crippen molar-refractivity contribution >= 4 is 15.6 Å². The number of nitrogens with zero attached hydrogens (tertiary/aromatic N) is 1. The minimum atomic E-state index is -3.54. The highest BCUT2D eigenvalue weighted by molar-refractivity contribution is 7.91. The van der Waals surface area contributed by atoms with Crippen LogP contribution in [0.4, 0.5) is 4.39 Å². The van der Waals surface area contributed by atoms with Gasteiger partial charge in [0.25, 0.3) is 0 Å². The summed E-state index contributed by atoms with van der Waals surface area (Å²) in [7, 11) is -3.54. The highest BCUT2D eigenvalue weighted by atomic mass is 32.2. The van der Waals surface area contributed by atoms with Gasteiger partial charge in [-0.25, -0.2) is 12.8 Å². The zero-order chi connectivity index (χ0) is 18.2. The molecule has 0 fully saturated rings. The molecule has 0 spiro atoms. The van der Waals surface area contributed by atoms with Crippen molar-refractivity contribution < 1.29 is 22.3 Å². The van der Waals surface area contributed by atoms with Gasteiger partial charge in [0.05, 0.1) is 22.3 Å². The van der Waals surface area contributed by atoms with Gasteiger partial charge in [0.1, 0.15) is 17.3 Å². The van der Waals surface area contributed by atoms with Gasteiger partial charge in [-0.05, 0) is 30.7 Å². The van der Waals surface area contributed by atoms with Crippen molar-refractivity contribution in [3.05, 3.63) is 52.8 Å². The summed E-state index contributed by atoms with van der Waals surface area (Å²) < 4.78 is 43.7. The molecule has 1 aliphatic rings. The fraction of sp³-hybridized carbons (Fsp3) is 0.222. The van der Waals surface area contributed by atoms with Gasteiger partial charge in [-0.2, -0.15) is 5.26 Å². The van der Waals surface area contributed by atoms with Crippen LogP contribution in [0.15, 0.2) is 35.2 Å². The van der Waals surface area contributed by atoms with Crippen LogP contribution in [0, 0.1) is 17.1 Å². The summed E-state index contributed by atoms with van der Waals surface area (Å²) in [6.07, 6.45) is 0.561. The number of nitriles is 1. The average Bonchev–Trinajstić information content (AvgIpc) is 2.97. The van der Waals surface area contributed by atoms with Crippen molar-refractivity contribution in [2.24, 2.45) is 0 Å². The zero-order valence-corrected chi connectivity index (χ0v) is 14.2. The van der Waals surface area contributed by atoms with E-state index in [0.717, 1.165) is 12.1 Å². The van der Waals surface area contributed by atoms with Crippen molar-refractivity contribution in [3.63, 3.8) is 0 Å². The van der Waals surface area contributed by atoms with Crippen molar-refractivity contribution in [2.75, 3.05) is 5.75 Å². The van der Waals surface area contributed by atoms with Gasteiger partial charge in [-0.15, -0.1) is 0 Å². The van der Waals surface area contributed by atoms with Crippen LogP contribution in [0.5, 0.6) is 11.5 Å². The van der Waals surface area contributed by atoms with Gasteiger partial charge >= 0.3 is 0 Å². The standard InChI is InChI=1S/C18H14FNO4S/c1-2-25(22,23)17-6-5-16(14-3-4-15(21)18(14)17)24-13-8-11(10-20)7-12(19)9-13/h5-9H,2-4H2,1H3. The Morgan fingerprint density at radius 1 is 1.24 bits per heavy atom. The molecule has 0 heterocycles. The molecule has 0 amide bonds. The predicted molar refractivity (Wildman–Crippen MR) is 88.0 cm³/mol. The molecule has 128 valence electrons. The first-order valence-electron chi connectivity index (χ1n) is 7.66. The third-order valence-electron chi connectivity index (χ3n) is 4.06. The molecule has 0 aromatic heterocycles. The first-order valence-corrected chi connectivity index (χ1v) is 9.31. The van der Waals surface area contributed by atoms with Crippen LogP contribution in [-0.4, -0.2) is 20.0 Å². The molecule has 3 rings (SSSR count). The van der Waals surface area contributed by atoms with E-state index in [-0.39, 0.29) is 39.7 Å². The van der Waals surface area contributed by atoms with E-state index >= 15 is 0 Å². The Morgan fingerprint density at radius 3 is 2.68 bits per heavy atom. The van der Waals surface area contributed by atoms with E-state index in [1.165, 1.54) is 25.1 Å². The Balaban J connectivity index is 2.10. The number of carbonyl (C=O) groups excluding carboxylic acids is 1. The summed E-state index contributed by atoms with van der Waals surface area (Å²) in [6, 6.07) is 8.24. The second-order valence-electron chi connectivity index (χ2n) is 5.63. The Labute approximate surface area is 144 Å². The number of benzene rings is 2. The lowest BCUT2D eigenvalue weighted by molar-refractivity contribution is 0.0991. The van der Waals surface area contributed by atoms with Crippen molar-refractivity contribution in [1.82, 2.24) is 0 Å². The minimum absolute atomic E-state index is 0.0109. The lowest BCUT2D eigenvalue weighted by Gasteiger charge is -2.13. The molecule has 2 aromatic carbocycles. The quantitative estimate of drug-likeness (QED) is 0.835. The van der Waals surface area contributed by atoms with Gasteiger partial charge < -0.3 is 4.74 Å². The van der Waals surface area contributed by atoms with Crippen LogP contribution in [0.3, 0.4) is 0 Å². The maximum Gasteiger partial charge on any atom is 0.178 e.